The molecule has 6 rings (SSSR count). The molecular formula is C32H44F3N7O. The van der Waals surface area contributed by atoms with Crippen molar-refractivity contribution in [2.45, 2.75) is 116 Å². The van der Waals surface area contributed by atoms with Gasteiger partial charge < -0.3 is 20.0 Å². The molecule has 2 aliphatic rings. The third-order valence-electron chi connectivity index (χ3n) is 8.69. The minimum absolute atomic E-state index is 0.000953. The number of ether oxygens (including phenoxy) is 1. The number of rotatable bonds is 6. The van der Waals surface area contributed by atoms with Gasteiger partial charge in [0.1, 0.15) is 29.8 Å². The minimum Gasteiger partial charge on any atom is -0.383 e. The number of aromatic nitrogens is 5. The largest absolute Gasteiger partial charge is 0.418 e. The maximum absolute atomic E-state index is 13.5. The number of hydrogen-bond donors (Lipinski definition) is 2. The molecule has 0 spiro atoms. The summed E-state index contributed by atoms with van der Waals surface area (Å²) in [5.41, 5.74) is 8.86. The number of benzene rings is 1. The van der Waals surface area contributed by atoms with Crippen molar-refractivity contribution in [1.29, 1.82) is 0 Å². The summed E-state index contributed by atoms with van der Waals surface area (Å²) in [7, 11) is 0. The molecular weight excluding hydrogens is 555 g/mol. The van der Waals surface area contributed by atoms with E-state index in [1.807, 2.05) is 0 Å². The number of nitrogens with two attached hydrogens (primary N) is 1. The van der Waals surface area contributed by atoms with Crippen LogP contribution in [0, 0.1) is 0 Å². The molecule has 3 aromatic heterocycles. The SMILES string of the molecule is CC(C)N(CC1CCC(n2cc(C(F)(F)F)c3c(N)ncnc32)O1)C1CCC1.CCc1nc2ccc(C(C)(C)C)cc2[nH]1. The maximum atomic E-state index is 13.5. The summed E-state index contributed by atoms with van der Waals surface area (Å²) in [6.07, 6.45) is 3.34. The number of anilines is 1. The lowest BCUT2D eigenvalue weighted by molar-refractivity contribution is -0.136. The molecule has 0 amide bonds. The Morgan fingerprint density at radius 2 is 1.86 bits per heavy atom. The molecule has 0 bridgehead atoms. The summed E-state index contributed by atoms with van der Waals surface area (Å²) in [4.78, 5) is 18.1. The number of nitrogens with one attached hydrogen (secondary N) is 1. The van der Waals surface area contributed by atoms with Gasteiger partial charge in [-0.25, -0.2) is 15.0 Å². The number of nitrogens with zero attached hydrogens (tertiary/aromatic N) is 5. The first-order chi connectivity index (χ1) is 20.3. The number of H-pyrrole nitrogens is 1. The highest BCUT2D eigenvalue weighted by Gasteiger charge is 2.39. The third-order valence-corrected chi connectivity index (χ3v) is 8.69. The van der Waals surface area contributed by atoms with E-state index < -0.39 is 18.0 Å². The summed E-state index contributed by atoms with van der Waals surface area (Å²) in [5.74, 6) is 0.901. The molecule has 8 nitrogen and oxygen atoms in total. The van der Waals surface area contributed by atoms with E-state index in [9.17, 15) is 13.2 Å². The van der Waals surface area contributed by atoms with E-state index >= 15 is 0 Å². The molecule has 1 saturated carbocycles. The first-order valence-electron chi connectivity index (χ1n) is 15.3. The van der Waals surface area contributed by atoms with Crippen LogP contribution in [0.3, 0.4) is 0 Å². The number of aromatic amines is 1. The molecule has 43 heavy (non-hydrogen) atoms. The molecule has 3 N–H and O–H groups in total. The highest BCUT2D eigenvalue weighted by Crippen LogP contribution is 2.41. The molecule has 4 heterocycles. The van der Waals surface area contributed by atoms with Gasteiger partial charge in [-0.05, 0) is 62.6 Å². The zero-order valence-electron chi connectivity index (χ0n) is 26.0. The first kappa shape index (κ1) is 31.3. The van der Waals surface area contributed by atoms with Gasteiger partial charge in [0.25, 0.3) is 0 Å². The van der Waals surface area contributed by atoms with Crippen LogP contribution in [0.1, 0.15) is 96.8 Å². The van der Waals surface area contributed by atoms with Crippen LogP contribution in [0.4, 0.5) is 19.0 Å². The summed E-state index contributed by atoms with van der Waals surface area (Å²) in [6.45, 7) is 14.0. The Hall–Kier alpha value is -3.18. The van der Waals surface area contributed by atoms with Crippen LogP contribution < -0.4 is 5.73 Å². The Bertz CT molecular complexity index is 1550. The third kappa shape index (κ3) is 6.67. The zero-order chi connectivity index (χ0) is 31.1. The molecule has 1 aromatic carbocycles. The summed E-state index contributed by atoms with van der Waals surface area (Å²) < 4.78 is 48.1. The van der Waals surface area contributed by atoms with Gasteiger partial charge >= 0.3 is 6.18 Å². The Balaban J connectivity index is 0.000000207. The molecule has 1 aliphatic heterocycles. The van der Waals surface area contributed by atoms with Crippen LogP contribution in [0.25, 0.3) is 22.1 Å². The minimum atomic E-state index is -4.53. The van der Waals surface area contributed by atoms with Gasteiger partial charge in [0.2, 0.25) is 0 Å². The van der Waals surface area contributed by atoms with Crippen molar-refractivity contribution in [3.63, 3.8) is 0 Å². The first-order valence-corrected chi connectivity index (χ1v) is 15.3. The van der Waals surface area contributed by atoms with Crippen LogP contribution in [0.2, 0.25) is 0 Å². The van der Waals surface area contributed by atoms with Crippen molar-refractivity contribution in [2.75, 3.05) is 12.3 Å². The molecule has 2 unspecified atom stereocenters. The summed E-state index contributed by atoms with van der Waals surface area (Å²) in [6, 6.07) is 7.50. The normalized spacial score (nSPS) is 19.8. The average Bonchev–Trinajstić information content (AvgIpc) is 3.63. The lowest BCUT2D eigenvalue weighted by Crippen LogP contribution is -2.47. The van der Waals surface area contributed by atoms with Gasteiger partial charge in [-0.1, -0.05) is 40.2 Å². The summed E-state index contributed by atoms with van der Waals surface area (Å²) >= 11 is 0. The Morgan fingerprint density at radius 3 is 2.47 bits per heavy atom. The standard InChI is InChI=1S/C19H26F3N5O.C13H18N2/c1-11(2)26(12-4-3-5-12)8-13-6-7-15(28-13)27-9-14(19(20,21)22)16-17(23)24-10-25-18(16)27;1-5-12-14-10-7-6-9(13(2,3)4)8-11(10)15-12/h9-13,15H,3-8H2,1-2H3,(H2,23,24,25);6-8H,5H2,1-4H3,(H,14,15). The topological polar surface area (TPSA) is 97.9 Å². The number of fused-ring (bicyclic) bond motifs is 2. The van der Waals surface area contributed by atoms with E-state index in [1.54, 1.807) is 0 Å². The van der Waals surface area contributed by atoms with Crippen LogP contribution >= 0.6 is 0 Å². The molecule has 1 aliphatic carbocycles. The highest BCUT2D eigenvalue weighted by molar-refractivity contribution is 5.90. The molecule has 11 heteroatoms. The number of hydrogen-bond acceptors (Lipinski definition) is 6. The van der Waals surface area contributed by atoms with Crippen molar-refractivity contribution >= 4 is 27.9 Å². The van der Waals surface area contributed by atoms with E-state index in [0.717, 1.165) is 42.4 Å². The lowest BCUT2D eigenvalue weighted by atomic mass is 9.87. The van der Waals surface area contributed by atoms with Crippen LogP contribution in [0.15, 0.2) is 30.7 Å². The summed E-state index contributed by atoms with van der Waals surface area (Å²) in [5, 5.41) is -0.152. The molecule has 0 radical (unpaired) electrons. The predicted molar refractivity (Wildman–Crippen MR) is 164 cm³/mol. The van der Waals surface area contributed by atoms with Gasteiger partial charge in [-0.15, -0.1) is 0 Å². The van der Waals surface area contributed by atoms with E-state index in [-0.39, 0.29) is 28.4 Å². The fraction of sp³-hybridized carbons (Fsp3) is 0.594. The quantitative estimate of drug-likeness (QED) is 0.240. The van der Waals surface area contributed by atoms with Gasteiger partial charge in [-0.2, -0.15) is 13.2 Å². The van der Waals surface area contributed by atoms with E-state index in [2.05, 4.69) is 84.6 Å². The van der Waals surface area contributed by atoms with Crippen LogP contribution in [-0.4, -0.2) is 54.1 Å². The number of aryl methyl sites for hydroxylation is 1. The highest BCUT2D eigenvalue weighted by atomic mass is 19.4. The van der Waals surface area contributed by atoms with E-state index in [0.29, 0.717) is 18.5 Å². The van der Waals surface area contributed by atoms with Gasteiger partial charge in [0, 0.05) is 31.2 Å². The monoisotopic (exact) mass is 599 g/mol. The van der Waals surface area contributed by atoms with Gasteiger partial charge in [0.15, 0.2) is 0 Å². The predicted octanol–water partition coefficient (Wildman–Crippen LogP) is 7.40. The second-order valence-corrected chi connectivity index (χ2v) is 13.1. The van der Waals surface area contributed by atoms with Crippen molar-refractivity contribution in [2.24, 2.45) is 0 Å². The van der Waals surface area contributed by atoms with Crippen molar-refractivity contribution in [1.82, 2.24) is 29.4 Å². The maximum Gasteiger partial charge on any atom is 0.418 e. The molecule has 1 saturated heterocycles. The van der Waals surface area contributed by atoms with Crippen LogP contribution in [0.5, 0.6) is 0 Å². The van der Waals surface area contributed by atoms with Crippen molar-refractivity contribution in [3.05, 3.63) is 47.7 Å². The average molecular weight is 600 g/mol. The molecule has 234 valence electrons. The van der Waals surface area contributed by atoms with E-state index in [1.165, 1.54) is 35.7 Å². The zero-order valence-corrected chi connectivity index (χ0v) is 26.0. The van der Waals surface area contributed by atoms with Crippen LogP contribution in [-0.2, 0) is 22.7 Å². The molecule has 2 fully saturated rings. The Labute approximate surface area is 251 Å². The fourth-order valence-electron chi connectivity index (χ4n) is 6.00. The second-order valence-electron chi connectivity index (χ2n) is 13.1. The van der Waals surface area contributed by atoms with Crippen molar-refractivity contribution < 1.29 is 17.9 Å². The number of alkyl halides is 3. The van der Waals surface area contributed by atoms with Gasteiger partial charge in [-0.3, -0.25) is 4.90 Å². The fourth-order valence-corrected chi connectivity index (χ4v) is 6.00. The number of imidazole rings is 1. The molecule has 2 atom stereocenters. The lowest BCUT2D eigenvalue weighted by Gasteiger charge is -2.41. The van der Waals surface area contributed by atoms with Crippen molar-refractivity contribution in [3.8, 4) is 0 Å². The smallest absolute Gasteiger partial charge is 0.383 e. The second kappa shape index (κ2) is 12.1. The Morgan fingerprint density at radius 1 is 1.12 bits per heavy atom. The number of halogens is 3. The number of nitrogen functional groups attached to an aromatic ring is 1. The Kier molecular flexibility index (Phi) is 8.77. The van der Waals surface area contributed by atoms with E-state index in [4.69, 9.17) is 10.5 Å². The molecule has 4 aromatic rings. The van der Waals surface area contributed by atoms with Gasteiger partial charge in [0.05, 0.1) is 28.1 Å².